The quantitative estimate of drug-likeness (QED) is 0.538. The first-order chi connectivity index (χ1) is 17.0. The lowest BCUT2D eigenvalue weighted by molar-refractivity contribution is -0.126. The number of ether oxygens (including phenoxy) is 1. The second-order valence-electron chi connectivity index (χ2n) is 9.40. The van der Waals surface area contributed by atoms with Gasteiger partial charge in [-0.05, 0) is 50.6 Å². The second kappa shape index (κ2) is 8.40. The van der Waals surface area contributed by atoms with Crippen molar-refractivity contribution in [2.24, 2.45) is 0 Å². The molecule has 2 aliphatic rings. The van der Waals surface area contributed by atoms with Crippen LogP contribution in [0.15, 0.2) is 41.2 Å². The molecule has 3 amide bonds. The highest BCUT2D eigenvalue weighted by Crippen LogP contribution is 2.51. The summed E-state index contributed by atoms with van der Waals surface area (Å²) in [6.07, 6.45) is -0.911. The summed E-state index contributed by atoms with van der Waals surface area (Å²) >= 11 is 0.786. The van der Waals surface area contributed by atoms with E-state index in [4.69, 9.17) is 4.74 Å². The summed E-state index contributed by atoms with van der Waals surface area (Å²) in [5, 5.41) is 5.88. The standard InChI is InChI=1S/C24H20F2N4O5S/c1-24(2,3)35-22(33)29-15-9-13(26)8-14-17(15)18(27-28-21(14)32)20(30-16(31)10-36-23(30)34)19(29)11-4-6-12(25)7-5-11/h4-9,19-20H,10H2,1-3H3,(H,28,32). The van der Waals surface area contributed by atoms with Gasteiger partial charge in [0.1, 0.15) is 23.3 Å². The molecule has 2 unspecified atom stereocenters. The summed E-state index contributed by atoms with van der Waals surface area (Å²) in [4.78, 5) is 54.1. The Kier molecular flexibility index (Phi) is 5.58. The van der Waals surface area contributed by atoms with Gasteiger partial charge < -0.3 is 4.74 Å². The highest BCUT2D eigenvalue weighted by atomic mass is 32.2. The molecule has 0 spiro atoms. The number of rotatable bonds is 2. The van der Waals surface area contributed by atoms with Crippen LogP contribution >= 0.6 is 11.8 Å². The third kappa shape index (κ3) is 3.91. The first kappa shape index (κ1) is 23.9. The molecular weight excluding hydrogens is 494 g/mol. The van der Waals surface area contributed by atoms with Crippen LogP contribution in [0.2, 0.25) is 0 Å². The zero-order valence-corrected chi connectivity index (χ0v) is 20.2. The first-order valence-corrected chi connectivity index (χ1v) is 11.9. The van der Waals surface area contributed by atoms with Crippen LogP contribution in [0.5, 0.6) is 0 Å². The monoisotopic (exact) mass is 514 g/mol. The molecule has 0 radical (unpaired) electrons. The molecule has 2 aliphatic heterocycles. The molecule has 3 heterocycles. The van der Waals surface area contributed by atoms with E-state index in [1.54, 1.807) is 20.8 Å². The number of nitrogens with one attached hydrogen (secondary N) is 1. The van der Waals surface area contributed by atoms with Crippen LogP contribution in [0.1, 0.15) is 44.1 Å². The maximum Gasteiger partial charge on any atom is 0.415 e. The molecule has 9 nitrogen and oxygen atoms in total. The predicted octanol–water partition coefficient (Wildman–Crippen LogP) is 4.43. The van der Waals surface area contributed by atoms with E-state index in [1.165, 1.54) is 24.3 Å². The Hall–Kier alpha value is -3.80. The van der Waals surface area contributed by atoms with E-state index in [2.05, 4.69) is 10.2 Å². The molecule has 1 fully saturated rings. The van der Waals surface area contributed by atoms with Gasteiger partial charge in [-0.15, -0.1) is 0 Å². The zero-order chi connectivity index (χ0) is 25.9. The normalized spacial score (nSPS) is 19.8. The molecule has 1 aromatic heterocycles. The number of anilines is 1. The summed E-state index contributed by atoms with van der Waals surface area (Å²) in [6, 6.07) is 4.81. The molecule has 0 saturated carbocycles. The van der Waals surface area contributed by atoms with E-state index in [1.807, 2.05) is 0 Å². The molecule has 1 N–H and O–H groups in total. The van der Waals surface area contributed by atoms with E-state index in [9.17, 15) is 28.0 Å². The summed E-state index contributed by atoms with van der Waals surface area (Å²) in [7, 11) is 0. The van der Waals surface area contributed by atoms with Gasteiger partial charge in [0.2, 0.25) is 5.91 Å². The minimum atomic E-state index is -1.21. The number of H-pyrrole nitrogens is 1. The van der Waals surface area contributed by atoms with Crippen LogP contribution in [0, 0.1) is 11.6 Å². The van der Waals surface area contributed by atoms with Crippen LogP contribution in [0.25, 0.3) is 10.8 Å². The number of imide groups is 1. The average molecular weight is 515 g/mol. The van der Waals surface area contributed by atoms with Crippen molar-refractivity contribution in [2.45, 2.75) is 38.5 Å². The van der Waals surface area contributed by atoms with Gasteiger partial charge in [-0.3, -0.25) is 24.2 Å². The number of benzene rings is 2. The molecule has 1 saturated heterocycles. The van der Waals surface area contributed by atoms with Crippen molar-refractivity contribution in [2.75, 3.05) is 10.7 Å². The maximum atomic E-state index is 14.8. The Morgan fingerprint density at radius 2 is 1.78 bits per heavy atom. The Bertz CT molecular complexity index is 1470. The van der Waals surface area contributed by atoms with Gasteiger partial charge in [0.25, 0.3) is 10.8 Å². The molecule has 2 atom stereocenters. The van der Waals surface area contributed by atoms with Crippen LogP contribution in [0.4, 0.5) is 24.1 Å². The third-order valence-electron chi connectivity index (χ3n) is 5.84. The van der Waals surface area contributed by atoms with Crippen molar-refractivity contribution in [3.8, 4) is 0 Å². The fraction of sp³-hybridized carbons (Fsp3) is 0.292. The average Bonchev–Trinajstić information content (AvgIpc) is 3.12. The first-order valence-electron chi connectivity index (χ1n) is 10.9. The molecule has 0 aliphatic carbocycles. The zero-order valence-electron chi connectivity index (χ0n) is 19.4. The SMILES string of the molecule is CC(C)(C)OC(=O)N1c2cc(F)cc3c(=O)[nH]nc(c23)C(N2C(=O)CSC2=O)C1c1ccc(F)cc1. The topological polar surface area (TPSA) is 113 Å². The Labute approximate surface area is 207 Å². The number of nitrogens with zero attached hydrogens (tertiary/aromatic N) is 3. The lowest BCUT2D eigenvalue weighted by Crippen LogP contribution is -2.49. The number of amides is 3. The number of aromatic nitrogens is 2. The minimum Gasteiger partial charge on any atom is -0.443 e. The van der Waals surface area contributed by atoms with Crippen LogP contribution in [-0.4, -0.2) is 43.7 Å². The molecular formula is C24H20F2N4O5S. The van der Waals surface area contributed by atoms with Crippen molar-refractivity contribution in [1.29, 1.82) is 0 Å². The number of thioether (sulfide) groups is 1. The van der Waals surface area contributed by atoms with Gasteiger partial charge in [0.15, 0.2) is 0 Å². The van der Waals surface area contributed by atoms with Crippen molar-refractivity contribution in [3.63, 3.8) is 0 Å². The molecule has 36 heavy (non-hydrogen) atoms. The summed E-state index contributed by atoms with van der Waals surface area (Å²) < 4.78 is 34.2. The Balaban J connectivity index is 1.87. The van der Waals surface area contributed by atoms with E-state index < -0.39 is 52.1 Å². The van der Waals surface area contributed by atoms with Crippen molar-refractivity contribution in [3.05, 3.63) is 69.6 Å². The predicted molar refractivity (Wildman–Crippen MR) is 128 cm³/mol. The highest BCUT2D eigenvalue weighted by molar-refractivity contribution is 8.14. The van der Waals surface area contributed by atoms with Crippen LogP contribution in [-0.2, 0) is 9.53 Å². The lowest BCUT2D eigenvalue weighted by Gasteiger charge is -2.44. The summed E-state index contributed by atoms with van der Waals surface area (Å²) in [5.41, 5.74) is -1.27. The maximum absolute atomic E-state index is 14.8. The lowest BCUT2D eigenvalue weighted by atomic mass is 9.87. The smallest absolute Gasteiger partial charge is 0.415 e. The molecule has 12 heteroatoms. The Morgan fingerprint density at radius 3 is 2.39 bits per heavy atom. The minimum absolute atomic E-state index is 0.0230. The molecule has 2 aromatic carbocycles. The van der Waals surface area contributed by atoms with E-state index in [0.29, 0.717) is 5.56 Å². The van der Waals surface area contributed by atoms with Crippen LogP contribution in [0.3, 0.4) is 0 Å². The number of carbonyl (C=O) groups excluding carboxylic acids is 3. The number of halogens is 2. The second-order valence-corrected chi connectivity index (χ2v) is 10.3. The molecule has 186 valence electrons. The largest absolute Gasteiger partial charge is 0.443 e. The molecule has 0 bridgehead atoms. The van der Waals surface area contributed by atoms with Crippen molar-refractivity contribution in [1.82, 2.24) is 15.1 Å². The summed E-state index contributed by atoms with van der Waals surface area (Å²) in [6.45, 7) is 4.93. The number of hydrogen-bond acceptors (Lipinski definition) is 7. The van der Waals surface area contributed by atoms with E-state index in [-0.39, 0.29) is 27.9 Å². The number of hydrogen-bond donors (Lipinski definition) is 1. The summed E-state index contributed by atoms with van der Waals surface area (Å²) in [5.74, 6) is -2.00. The molecule has 3 aromatic rings. The van der Waals surface area contributed by atoms with Crippen molar-refractivity contribution < 1.29 is 27.9 Å². The highest BCUT2D eigenvalue weighted by Gasteiger charge is 2.50. The van der Waals surface area contributed by atoms with Gasteiger partial charge in [-0.2, -0.15) is 5.10 Å². The van der Waals surface area contributed by atoms with Gasteiger partial charge in [0.05, 0.1) is 28.6 Å². The van der Waals surface area contributed by atoms with Gasteiger partial charge in [-0.1, -0.05) is 23.9 Å². The molecule has 5 rings (SSSR count). The van der Waals surface area contributed by atoms with E-state index >= 15 is 0 Å². The van der Waals surface area contributed by atoms with Crippen molar-refractivity contribution >= 4 is 45.5 Å². The number of carbonyl (C=O) groups is 3. The fourth-order valence-corrected chi connectivity index (χ4v) is 5.26. The van der Waals surface area contributed by atoms with Crippen LogP contribution < -0.4 is 10.5 Å². The number of aromatic amines is 1. The fourth-order valence-electron chi connectivity index (χ4n) is 4.52. The Morgan fingerprint density at radius 1 is 1.08 bits per heavy atom. The van der Waals surface area contributed by atoms with Gasteiger partial charge in [0, 0.05) is 5.39 Å². The van der Waals surface area contributed by atoms with Gasteiger partial charge >= 0.3 is 6.09 Å². The van der Waals surface area contributed by atoms with E-state index in [0.717, 1.165) is 33.7 Å². The third-order valence-corrected chi connectivity index (χ3v) is 6.68. The van der Waals surface area contributed by atoms with Gasteiger partial charge in [-0.25, -0.2) is 18.7 Å².